The van der Waals surface area contributed by atoms with Crippen molar-refractivity contribution in [3.05, 3.63) is 60.7 Å². The first-order valence-corrected chi connectivity index (χ1v) is 12.2. The van der Waals surface area contributed by atoms with E-state index in [2.05, 4.69) is 81.4 Å². The standard InChI is InChI=1S/C24H34O2Si/c1-24(2,3)27(22-11-7-5-8-12-22,23-13-9-6-10-14-23)26-21-17-15-20(16-18-21)19-25-4/h5-14,20-21H,15-19H2,1-4H3. The van der Waals surface area contributed by atoms with Crippen LogP contribution in [0, 0.1) is 5.92 Å². The van der Waals surface area contributed by atoms with Gasteiger partial charge in [0.05, 0.1) is 0 Å². The first-order valence-electron chi connectivity index (χ1n) is 10.2. The Hall–Kier alpha value is -1.42. The second-order valence-corrected chi connectivity index (χ2v) is 13.1. The van der Waals surface area contributed by atoms with Gasteiger partial charge in [-0.3, -0.25) is 0 Å². The van der Waals surface area contributed by atoms with Crippen molar-refractivity contribution < 1.29 is 9.16 Å². The monoisotopic (exact) mass is 382 g/mol. The zero-order valence-corrected chi connectivity index (χ0v) is 18.3. The Bertz CT molecular complexity index is 646. The number of hydrogen-bond donors (Lipinski definition) is 0. The van der Waals surface area contributed by atoms with Crippen LogP contribution in [0.5, 0.6) is 0 Å². The average Bonchev–Trinajstić information content (AvgIpc) is 2.68. The van der Waals surface area contributed by atoms with Crippen LogP contribution in [0.3, 0.4) is 0 Å². The maximum absolute atomic E-state index is 7.24. The predicted octanol–water partition coefficient (Wildman–Crippen LogP) is 4.77. The maximum atomic E-state index is 7.24. The quantitative estimate of drug-likeness (QED) is 0.670. The van der Waals surface area contributed by atoms with E-state index in [-0.39, 0.29) is 5.04 Å². The van der Waals surface area contributed by atoms with Gasteiger partial charge in [0.25, 0.3) is 8.32 Å². The second-order valence-electron chi connectivity index (χ2n) is 8.88. The third-order valence-corrected chi connectivity index (χ3v) is 11.0. The molecule has 0 spiro atoms. The molecule has 1 saturated carbocycles. The molecule has 27 heavy (non-hydrogen) atoms. The van der Waals surface area contributed by atoms with E-state index in [1.807, 2.05) is 7.11 Å². The molecule has 0 heterocycles. The first-order chi connectivity index (χ1) is 13.0. The fraction of sp³-hybridized carbons (Fsp3) is 0.500. The van der Waals surface area contributed by atoms with Gasteiger partial charge in [0.2, 0.25) is 0 Å². The van der Waals surface area contributed by atoms with E-state index in [0.29, 0.717) is 12.0 Å². The largest absolute Gasteiger partial charge is 0.404 e. The highest BCUT2D eigenvalue weighted by molar-refractivity contribution is 6.99. The topological polar surface area (TPSA) is 18.5 Å². The molecule has 146 valence electrons. The highest BCUT2D eigenvalue weighted by Gasteiger charge is 2.51. The summed E-state index contributed by atoms with van der Waals surface area (Å²) in [4.78, 5) is 0. The smallest absolute Gasteiger partial charge is 0.261 e. The molecule has 0 bridgehead atoms. The van der Waals surface area contributed by atoms with Gasteiger partial charge in [0.1, 0.15) is 0 Å². The number of hydrogen-bond acceptors (Lipinski definition) is 2. The lowest BCUT2D eigenvalue weighted by Crippen LogP contribution is -2.67. The van der Waals surface area contributed by atoms with Crippen molar-refractivity contribution >= 4 is 18.7 Å². The highest BCUT2D eigenvalue weighted by Crippen LogP contribution is 2.39. The maximum Gasteiger partial charge on any atom is 0.261 e. The molecule has 0 radical (unpaired) electrons. The first kappa shape index (κ1) is 20.3. The molecule has 0 saturated heterocycles. The third kappa shape index (κ3) is 4.36. The Labute approximate surface area is 166 Å². The number of benzene rings is 2. The Morgan fingerprint density at radius 1 is 0.815 bits per heavy atom. The van der Waals surface area contributed by atoms with Crippen LogP contribution in [0.25, 0.3) is 0 Å². The van der Waals surface area contributed by atoms with E-state index in [0.717, 1.165) is 19.4 Å². The summed E-state index contributed by atoms with van der Waals surface area (Å²) in [6.07, 6.45) is 5.02. The lowest BCUT2D eigenvalue weighted by Gasteiger charge is -2.46. The molecular formula is C24H34O2Si. The van der Waals surface area contributed by atoms with Crippen molar-refractivity contribution in [1.29, 1.82) is 0 Å². The molecule has 2 nitrogen and oxygen atoms in total. The van der Waals surface area contributed by atoms with E-state index in [1.165, 1.54) is 23.2 Å². The van der Waals surface area contributed by atoms with Crippen LogP contribution in [0.2, 0.25) is 5.04 Å². The van der Waals surface area contributed by atoms with Gasteiger partial charge in [-0.25, -0.2) is 0 Å². The summed E-state index contributed by atoms with van der Waals surface area (Å²) in [7, 11) is -0.598. The predicted molar refractivity (Wildman–Crippen MR) is 116 cm³/mol. The van der Waals surface area contributed by atoms with Crippen LogP contribution in [0.15, 0.2) is 60.7 Å². The van der Waals surface area contributed by atoms with Gasteiger partial charge in [0.15, 0.2) is 0 Å². The van der Waals surface area contributed by atoms with Gasteiger partial charge in [-0.2, -0.15) is 0 Å². The Balaban J connectivity index is 1.98. The van der Waals surface area contributed by atoms with Gasteiger partial charge >= 0.3 is 0 Å². The van der Waals surface area contributed by atoms with Crippen LogP contribution in [0.4, 0.5) is 0 Å². The van der Waals surface area contributed by atoms with Crippen LogP contribution in [-0.2, 0) is 9.16 Å². The van der Waals surface area contributed by atoms with E-state index < -0.39 is 8.32 Å². The Kier molecular flexibility index (Phi) is 6.56. The van der Waals surface area contributed by atoms with Gasteiger partial charge in [-0.05, 0) is 47.0 Å². The summed E-state index contributed by atoms with van der Waals surface area (Å²) in [5.74, 6) is 0.689. The summed E-state index contributed by atoms with van der Waals surface area (Å²) in [6.45, 7) is 7.95. The van der Waals surface area contributed by atoms with Crippen molar-refractivity contribution in [3.8, 4) is 0 Å². The molecule has 3 heteroatoms. The average molecular weight is 383 g/mol. The molecule has 0 N–H and O–H groups in total. The molecule has 0 unspecified atom stereocenters. The molecule has 1 aliphatic carbocycles. The molecule has 0 aromatic heterocycles. The molecule has 3 rings (SSSR count). The molecule has 2 aromatic carbocycles. The normalized spacial score (nSPS) is 21.2. The van der Waals surface area contributed by atoms with Gasteiger partial charge in [-0.15, -0.1) is 0 Å². The summed E-state index contributed by atoms with van der Waals surface area (Å²) >= 11 is 0. The molecule has 0 atom stereocenters. The molecular weight excluding hydrogens is 348 g/mol. The summed E-state index contributed by atoms with van der Waals surface area (Å²) < 4.78 is 12.6. The highest BCUT2D eigenvalue weighted by atomic mass is 28.4. The number of ether oxygens (including phenoxy) is 1. The lowest BCUT2D eigenvalue weighted by molar-refractivity contribution is 0.0792. The minimum atomic E-state index is -2.41. The SMILES string of the molecule is COCC1CCC(O[Si](c2ccccc2)(c2ccccc2)C(C)(C)C)CC1. The zero-order chi connectivity index (χ0) is 19.3. The second kappa shape index (κ2) is 8.72. The fourth-order valence-corrected chi connectivity index (χ4v) is 9.34. The lowest BCUT2D eigenvalue weighted by atomic mass is 9.88. The number of methoxy groups -OCH3 is 1. The van der Waals surface area contributed by atoms with E-state index in [9.17, 15) is 0 Å². The molecule has 0 amide bonds. The molecule has 1 aliphatic rings. The van der Waals surface area contributed by atoms with Gasteiger partial charge in [0, 0.05) is 19.8 Å². The van der Waals surface area contributed by atoms with Crippen molar-refractivity contribution in [3.63, 3.8) is 0 Å². The van der Waals surface area contributed by atoms with Crippen LogP contribution < -0.4 is 10.4 Å². The molecule has 0 aliphatic heterocycles. The van der Waals surface area contributed by atoms with Crippen molar-refractivity contribution in [2.24, 2.45) is 5.92 Å². The Morgan fingerprint density at radius 2 is 1.30 bits per heavy atom. The van der Waals surface area contributed by atoms with Crippen molar-refractivity contribution in [2.75, 3.05) is 13.7 Å². The van der Waals surface area contributed by atoms with E-state index >= 15 is 0 Å². The zero-order valence-electron chi connectivity index (χ0n) is 17.3. The van der Waals surface area contributed by atoms with Crippen LogP contribution in [0.1, 0.15) is 46.5 Å². The van der Waals surface area contributed by atoms with Crippen LogP contribution in [-0.4, -0.2) is 28.1 Å². The van der Waals surface area contributed by atoms with Crippen LogP contribution >= 0.6 is 0 Å². The van der Waals surface area contributed by atoms with Gasteiger partial charge in [-0.1, -0.05) is 81.4 Å². The minimum absolute atomic E-state index is 0.0546. The number of rotatable bonds is 6. The third-order valence-electron chi connectivity index (χ3n) is 5.96. The molecule has 2 aromatic rings. The minimum Gasteiger partial charge on any atom is -0.404 e. The van der Waals surface area contributed by atoms with Crippen molar-refractivity contribution in [1.82, 2.24) is 0 Å². The summed E-state index contributed by atoms with van der Waals surface area (Å²) in [5.41, 5.74) is 0. The molecule has 1 fully saturated rings. The van der Waals surface area contributed by atoms with Crippen molar-refractivity contribution in [2.45, 2.75) is 57.6 Å². The van der Waals surface area contributed by atoms with E-state index in [4.69, 9.17) is 9.16 Å². The summed E-state index contributed by atoms with van der Waals surface area (Å²) in [5, 5.41) is 2.81. The van der Waals surface area contributed by atoms with Gasteiger partial charge < -0.3 is 9.16 Å². The fourth-order valence-electron chi connectivity index (χ4n) is 4.59. The van der Waals surface area contributed by atoms with E-state index in [1.54, 1.807) is 0 Å². The summed E-state index contributed by atoms with van der Waals surface area (Å²) in [6, 6.07) is 22.0. The Morgan fingerprint density at radius 3 is 1.70 bits per heavy atom.